The standard InChI is InChI=1S/C18H25N3O3/c22-14(12-21-10-5-2-6-15(21)23)19-16-13-7-11-24-18(13)17(16)20-8-3-1-4-9-20/h2,5-6,10,13,16-18H,1,3-4,7-9,11-12H2,(H,19,22)/t13-,16+,17-,18-/m1/s1. The van der Waals surface area contributed by atoms with Gasteiger partial charge in [0.15, 0.2) is 0 Å². The number of hydrogen-bond acceptors (Lipinski definition) is 4. The number of fused-ring (bicyclic) bond motifs is 1. The normalized spacial score (nSPS) is 32.8. The van der Waals surface area contributed by atoms with Crippen molar-refractivity contribution in [2.45, 2.75) is 50.4 Å². The fourth-order valence-corrected chi connectivity index (χ4v) is 4.50. The third-order valence-corrected chi connectivity index (χ3v) is 5.70. The molecule has 0 radical (unpaired) electrons. The molecule has 2 saturated heterocycles. The molecular formula is C18H25N3O3. The van der Waals surface area contributed by atoms with Crippen molar-refractivity contribution >= 4 is 5.91 Å². The first kappa shape index (κ1) is 15.8. The number of carbonyl (C=O) groups is 1. The SMILES string of the molecule is O=C(Cn1ccccc1=O)N[C@H]1[C@H]2CCO[C@H]2[C@@H]1N1CCCCC1. The molecule has 24 heavy (non-hydrogen) atoms. The lowest BCUT2D eigenvalue weighted by atomic mass is 9.70. The summed E-state index contributed by atoms with van der Waals surface area (Å²) >= 11 is 0. The fraction of sp³-hybridized carbons (Fsp3) is 0.667. The van der Waals surface area contributed by atoms with Gasteiger partial charge in [-0.3, -0.25) is 14.5 Å². The minimum absolute atomic E-state index is 0.0827. The zero-order valence-electron chi connectivity index (χ0n) is 13.9. The van der Waals surface area contributed by atoms with E-state index < -0.39 is 0 Å². The highest BCUT2D eigenvalue weighted by Gasteiger charge is 2.56. The minimum atomic E-state index is -0.143. The monoisotopic (exact) mass is 331 g/mol. The molecule has 1 aromatic heterocycles. The van der Waals surface area contributed by atoms with Gasteiger partial charge in [-0.15, -0.1) is 0 Å². The van der Waals surface area contributed by atoms with E-state index in [-0.39, 0.29) is 30.2 Å². The molecule has 1 N–H and O–H groups in total. The third-order valence-electron chi connectivity index (χ3n) is 5.70. The molecule has 0 aromatic carbocycles. The predicted octanol–water partition coefficient (Wildman–Crippen LogP) is 0.606. The molecule has 1 saturated carbocycles. The van der Waals surface area contributed by atoms with Crippen molar-refractivity contribution < 1.29 is 9.53 Å². The van der Waals surface area contributed by atoms with E-state index in [1.54, 1.807) is 18.3 Å². The lowest BCUT2D eigenvalue weighted by molar-refractivity contribution is -0.130. The van der Waals surface area contributed by atoms with E-state index in [0.29, 0.717) is 12.0 Å². The predicted molar refractivity (Wildman–Crippen MR) is 89.7 cm³/mol. The maximum Gasteiger partial charge on any atom is 0.250 e. The Bertz CT molecular complexity index is 653. The van der Waals surface area contributed by atoms with Crippen LogP contribution < -0.4 is 10.9 Å². The second-order valence-corrected chi connectivity index (χ2v) is 7.14. The first-order valence-corrected chi connectivity index (χ1v) is 9.04. The molecule has 1 aromatic rings. The lowest BCUT2D eigenvalue weighted by Gasteiger charge is -2.53. The zero-order valence-corrected chi connectivity index (χ0v) is 13.9. The number of nitrogens with one attached hydrogen (secondary N) is 1. The molecular weight excluding hydrogens is 306 g/mol. The van der Waals surface area contributed by atoms with Crippen LogP contribution in [-0.4, -0.2) is 53.3 Å². The maximum atomic E-state index is 12.5. The quantitative estimate of drug-likeness (QED) is 0.878. The Kier molecular flexibility index (Phi) is 4.41. The zero-order chi connectivity index (χ0) is 16.5. The van der Waals surface area contributed by atoms with Crippen LogP contribution in [0.15, 0.2) is 29.2 Å². The molecule has 0 unspecified atom stereocenters. The van der Waals surface area contributed by atoms with Crippen LogP contribution in [0.1, 0.15) is 25.7 Å². The largest absolute Gasteiger partial charge is 0.376 e. The highest BCUT2D eigenvalue weighted by Crippen LogP contribution is 2.42. The van der Waals surface area contributed by atoms with E-state index in [2.05, 4.69) is 10.2 Å². The topological polar surface area (TPSA) is 63.6 Å². The van der Waals surface area contributed by atoms with Crippen LogP contribution in [0, 0.1) is 5.92 Å². The molecule has 3 aliphatic rings. The molecule has 4 rings (SSSR count). The van der Waals surface area contributed by atoms with E-state index >= 15 is 0 Å². The van der Waals surface area contributed by atoms with E-state index in [4.69, 9.17) is 4.74 Å². The number of hydrogen-bond donors (Lipinski definition) is 1. The van der Waals surface area contributed by atoms with Crippen LogP contribution in [0.5, 0.6) is 0 Å². The number of amides is 1. The maximum absolute atomic E-state index is 12.5. The molecule has 1 aliphatic carbocycles. The van der Waals surface area contributed by atoms with Gasteiger partial charge in [0, 0.05) is 24.8 Å². The molecule has 3 heterocycles. The summed E-state index contributed by atoms with van der Waals surface area (Å²) in [5.41, 5.74) is -0.143. The number of pyridine rings is 1. The van der Waals surface area contributed by atoms with Crippen molar-refractivity contribution in [1.29, 1.82) is 0 Å². The summed E-state index contributed by atoms with van der Waals surface area (Å²) in [6.07, 6.45) is 6.71. The van der Waals surface area contributed by atoms with Crippen LogP contribution >= 0.6 is 0 Å². The first-order valence-electron chi connectivity index (χ1n) is 9.04. The van der Waals surface area contributed by atoms with Crippen LogP contribution in [0.25, 0.3) is 0 Å². The highest BCUT2D eigenvalue weighted by atomic mass is 16.5. The second kappa shape index (κ2) is 6.69. The number of carbonyl (C=O) groups excluding carboxylic acids is 1. The molecule has 4 atom stereocenters. The minimum Gasteiger partial charge on any atom is -0.376 e. The van der Waals surface area contributed by atoms with Crippen LogP contribution in [0.2, 0.25) is 0 Å². The molecule has 2 aliphatic heterocycles. The van der Waals surface area contributed by atoms with Crippen molar-refractivity contribution in [3.8, 4) is 0 Å². The van der Waals surface area contributed by atoms with Crippen LogP contribution in [-0.2, 0) is 16.1 Å². The average molecular weight is 331 g/mol. The Labute approximate surface area is 141 Å². The Balaban J connectivity index is 1.43. The van der Waals surface area contributed by atoms with Gasteiger partial charge >= 0.3 is 0 Å². The number of piperidine rings is 1. The van der Waals surface area contributed by atoms with E-state index in [1.807, 2.05) is 0 Å². The Morgan fingerprint density at radius 3 is 2.88 bits per heavy atom. The van der Waals surface area contributed by atoms with Crippen molar-refractivity contribution in [1.82, 2.24) is 14.8 Å². The number of ether oxygens (including phenoxy) is 1. The lowest BCUT2D eigenvalue weighted by Crippen LogP contribution is -2.71. The van der Waals surface area contributed by atoms with Crippen LogP contribution in [0.4, 0.5) is 0 Å². The summed E-state index contributed by atoms with van der Waals surface area (Å²) in [6.45, 7) is 3.08. The third kappa shape index (κ3) is 2.89. The molecule has 6 heteroatoms. The van der Waals surface area contributed by atoms with Gasteiger partial charge in [-0.2, -0.15) is 0 Å². The summed E-state index contributed by atoms with van der Waals surface area (Å²) in [5.74, 6) is 0.342. The summed E-state index contributed by atoms with van der Waals surface area (Å²) in [6, 6.07) is 5.40. The molecule has 6 nitrogen and oxygen atoms in total. The Morgan fingerprint density at radius 1 is 1.25 bits per heavy atom. The summed E-state index contributed by atoms with van der Waals surface area (Å²) < 4.78 is 7.37. The van der Waals surface area contributed by atoms with E-state index in [0.717, 1.165) is 26.1 Å². The van der Waals surface area contributed by atoms with Crippen molar-refractivity contribution in [2.75, 3.05) is 19.7 Å². The first-order chi connectivity index (χ1) is 11.7. The fourth-order valence-electron chi connectivity index (χ4n) is 4.50. The van der Waals surface area contributed by atoms with Gasteiger partial charge in [0.25, 0.3) is 5.56 Å². The van der Waals surface area contributed by atoms with Gasteiger partial charge in [-0.1, -0.05) is 12.5 Å². The molecule has 130 valence electrons. The van der Waals surface area contributed by atoms with Crippen molar-refractivity contribution in [3.05, 3.63) is 34.7 Å². The van der Waals surface area contributed by atoms with Crippen molar-refractivity contribution in [3.63, 3.8) is 0 Å². The highest BCUT2D eigenvalue weighted by molar-refractivity contribution is 5.76. The van der Waals surface area contributed by atoms with Gasteiger partial charge in [0.05, 0.1) is 18.2 Å². The molecule has 3 fully saturated rings. The van der Waals surface area contributed by atoms with Gasteiger partial charge in [-0.25, -0.2) is 0 Å². The van der Waals surface area contributed by atoms with Gasteiger partial charge < -0.3 is 14.6 Å². The van der Waals surface area contributed by atoms with Crippen LogP contribution in [0.3, 0.4) is 0 Å². The van der Waals surface area contributed by atoms with E-state index in [1.165, 1.54) is 29.9 Å². The number of rotatable bonds is 4. The summed E-state index contributed by atoms with van der Waals surface area (Å²) in [5, 5.41) is 3.19. The average Bonchev–Trinajstić information content (AvgIpc) is 3.00. The number of aromatic nitrogens is 1. The second-order valence-electron chi connectivity index (χ2n) is 7.14. The molecule has 0 bridgehead atoms. The number of nitrogens with zero attached hydrogens (tertiary/aromatic N) is 2. The van der Waals surface area contributed by atoms with Gasteiger partial charge in [0.1, 0.15) is 6.54 Å². The van der Waals surface area contributed by atoms with Gasteiger partial charge in [-0.05, 0) is 38.4 Å². The Morgan fingerprint density at radius 2 is 2.08 bits per heavy atom. The summed E-state index contributed by atoms with van der Waals surface area (Å²) in [7, 11) is 0. The van der Waals surface area contributed by atoms with Gasteiger partial charge in [0.2, 0.25) is 5.91 Å². The Hall–Kier alpha value is -1.66. The van der Waals surface area contributed by atoms with Crippen molar-refractivity contribution in [2.24, 2.45) is 5.92 Å². The smallest absolute Gasteiger partial charge is 0.250 e. The molecule has 0 spiro atoms. The molecule has 1 amide bonds. The number of likely N-dealkylation sites (tertiary alicyclic amines) is 1. The summed E-state index contributed by atoms with van der Waals surface area (Å²) in [4.78, 5) is 26.7. The van der Waals surface area contributed by atoms with E-state index in [9.17, 15) is 9.59 Å².